The van der Waals surface area contributed by atoms with Crippen molar-refractivity contribution in [3.8, 4) is 32.5 Å². The first kappa shape index (κ1) is 31.6. The minimum Gasteiger partial charge on any atom is -0.307 e. The van der Waals surface area contributed by atoms with Crippen LogP contribution in [0.2, 0.25) is 0 Å². The van der Waals surface area contributed by atoms with Gasteiger partial charge in [-0.1, -0.05) is 84.9 Å². The van der Waals surface area contributed by atoms with Crippen LogP contribution in [-0.4, -0.2) is 19.1 Å². The maximum atomic E-state index is 5.07. The van der Waals surface area contributed by atoms with E-state index in [4.69, 9.17) is 9.97 Å². The van der Waals surface area contributed by atoms with Gasteiger partial charge >= 0.3 is 0 Å². The Kier molecular flexibility index (Phi) is 6.60. The van der Waals surface area contributed by atoms with E-state index in [2.05, 4.69) is 167 Å². The molecule has 7 aromatic heterocycles. The van der Waals surface area contributed by atoms with E-state index in [9.17, 15) is 0 Å². The van der Waals surface area contributed by atoms with Gasteiger partial charge < -0.3 is 9.13 Å². The summed E-state index contributed by atoms with van der Waals surface area (Å²) in [5.74, 6) is 0. The Labute approximate surface area is 337 Å². The summed E-state index contributed by atoms with van der Waals surface area (Å²) >= 11 is 5.45. The van der Waals surface area contributed by atoms with Crippen molar-refractivity contribution in [2.45, 2.75) is 0 Å². The molecular formula is C50H28N4S3. The molecule has 6 aromatic carbocycles. The van der Waals surface area contributed by atoms with Gasteiger partial charge in [-0.2, -0.15) is 0 Å². The van der Waals surface area contributed by atoms with E-state index >= 15 is 0 Å². The number of fused-ring (bicyclic) bond motifs is 14. The molecule has 0 aliphatic rings. The lowest BCUT2D eigenvalue weighted by Crippen LogP contribution is -1.95. The largest absolute Gasteiger partial charge is 0.307 e. The van der Waals surface area contributed by atoms with Gasteiger partial charge in [-0.15, -0.1) is 34.0 Å². The van der Waals surface area contributed by atoms with Crippen molar-refractivity contribution in [1.29, 1.82) is 0 Å². The van der Waals surface area contributed by atoms with Crippen LogP contribution >= 0.6 is 34.0 Å². The summed E-state index contributed by atoms with van der Waals surface area (Å²) < 4.78 is 10.0. The number of hydrogen-bond acceptors (Lipinski definition) is 5. The van der Waals surface area contributed by atoms with Gasteiger partial charge in [0.25, 0.3) is 0 Å². The van der Waals surface area contributed by atoms with Gasteiger partial charge in [-0.3, -0.25) is 9.97 Å². The van der Waals surface area contributed by atoms with Crippen molar-refractivity contribution in [2.75, 3.05) is 0 Å². The average molecular weight is 781 g/mol. The second-order valence-corrected chi connectivity index (χ2v) is 17.8. The first-order chi connectivity index (χ1) is 28.3. The molecule has 0 fully saturated rings. The van der Waals surface area contributed by atoms with Gasteiger partial charge in [0.05, 0.1) is 67.0 Å². The molecule has 4 nitrogen and oxygen atoms in total. The average Bonchev–Trinajstić information content (AvgIpc) is 4.10. The monoisotopic (exact) mass is 780 g/mol. The van der Waals surface area contributed by atoms with Crippen LogP contribution < -0.4 is 0 Å². The van der Waals surface area contributed by atoms with Crippen molar-refractivity contribution in [3.05, 3.63) is 170 Å². The zero-order valence-corrected chi connectivity index (χ0v) is 32.6. The minimum atomic E-state index is 0.954. The molecule has 0 bridgehead atoms. The fourth-order valence-corrected chi connectivity index (χ4v) is 12.2. The van der Waals surface area contributed by atoms with Crippen LogP contribution in [0.4, 0.5) is 0 Å². The predicted molar refractivity (Wildman–Crippen MR) is 245 cm³/mol. The van der Waals surface area contributed by atoms with E-state index in [0.29, 0.717) is 0 Å². The number of rotatable bonds is 4. The molecule has 0 atom stereocenters. The SMILES string of the molecule is c1ccc2c(c1)sc1ccc3c4ccccc4n(-c4ccc(-c5ccc(-c6ccc(-n7c8ccccc8c8ccc9sc%10ccccc%10c9c87)cn6)s5)nc4)c3c12. The van der Waals surface area contributed by atoms with Gasteiger partial charge in [-0.05, 0) is 72.8 Å². The van der Waals surface area contributed by atoms with Crippen molar-refractivity contribution in [3.63, 3.8) is 0 Å². The highest BCUT2D eigenvalue weighted by atomic mass is 32.1. The highest BCUT2D eigenvalue weighted by Crippen LogP contribution is 2.45. The minimum absolute atomic E-state index is 0.954. The molecule has 0 N–H and O–H groups in total. The number of nitrogens with zero attached hydrogens (tertiary/aromatic N) is 4. The van der Waals surface area contributed by atoms with E-state index in [-0.39, 0.29) is 0 Å². The molecule has 0 amide bonds. The van der Waals surface area contributed by atoms with E-state index < -0.39 is 0 Å². The van der Waals surface area contributed by atoms with Crippen LogP contribution in [0.25, 0.3) is 116 Å². The first-order valence-corrected chi connectivity index (χ1v) is 21.4. The van der Waals surface area contributed by atoms with E-state index in [0.717, 1.165) is 32.5 Å². The summed E-state index contributed by atoms with van der Waals surface area (Å²) in [6.07, 6.45) is 4.06. The molecule has 0 saturated heterocycles. The van der Waals surface area contributed by atoms with Crippen LogP contribution in [0.3, 0.4) is 0 Å². The van der Waals surface area contributed by atoms with Crippen LogP contribution in [0, 0.1) is 0 Å². The Morgan fingerprint density at radius 2 is 0.772 bits per heavy atom. The molecule has 0 spiro atoms. The molecule has 0 radical (unpaired) electrons. The van der Waals surface area contributed by atoms with Crippen molar-refractivity contribution in [1.82, 2.24) is 19.1 Å². The number of benzene rings is 6. The Morgan fingerprint density at radius 1 is 0.333 bits per heavy atom. The number of aromatic nitrogens is 4. The summed E-state index contributed by atoms with van der Waals surface area (Å²) in [6, 6.07) is 57.2. The molecule has 57 heavy (non-hydrogen) atoms. The molecule has 0 aliphatic carbocycles. The lowest BCUT2D eigenvalue weighted by molar-refractivity contribution is 1.15. The van der Waals surface area contributed by atoms with Gasteiger partial charge in [0.1, 0.15) is 0 Å². The highest BCUT2D eigenvalue weighted by Gasteiger charge is 2.20. The predicted octanol–water partition coefficient (Wildman–Crippen LogP) is 14.8. The topological polar surface area (TPSA) is 35.6 Å². The molecule has 13 rings (SSSR count). The second-order valence-electron chi connectivity index (χ2n) is 14.5. The van der Waals surface area contributed by atoms with E-state index in [1.165, 1.54) is 84.0 Å². The second kappa shape index (κ2) is 11.9. The Morgan fingerprint density at radius 3 is 1.23 bits per heavy atom. The smallest absolute Gasteiger partial charge is 0.0803 e. The molecule has 266 valence electrons. The third-order valence-corrected chi connectivity index (χ3v) is 14.9. The molecule has 0 unspecified atom stereocenters. The summed E-state index contributed by atoms with van der Waals surface area (Å²) in [6.45, 7) is 0. The zero-order chi connectivity index (χ0) is 37.2. The van der Waals surface area contributed by atoms with E-state index in [1.807, 2.05) is 35.1 Å². The lowest BCUT2D eigenvalue weighted by Gasteiger charge is -2.10. The van der Waals surface area contributed by atoms with Gasteiger partial charge in [0, 0.05) is 61.9 Å². The van der Waals surface area contributed by atoms with E-state index in [1.54, 1.807) is 11.3 Å². The fourth-order valence-electron chi connectivity index (χ4n) is 9.01. The van der Waals surface area contributed by atoms with Crippen LogP contribution in [0.5, 0.6) is 0 Å². The van der Waals surface area contributed by atoms with Crippen molar-refractivity contribution < 1.29 is 0 Å². The Balaban J connectivity index is 0.886. The van der Waals surface area contributed by atoms with Crippen LogP contribution in [-0.2, 0) is 0 Å². The summed E-state index contributed by atoms with van der Waals surface area (Å²) in [4.78, 5) is 12.4. The first-order valence-electron chi connectivity index (χ1n) is 19.0. The molecule has 0 saturated carbocycles. The maximum absolute atomic E-state index is 5.07. The summed E-state index contributed by atoms with van der Waals surface area (Å²) in [5, 5.41) is 10.2. The molecule has 7 heterocycles. The number of pyridine rings is 2. The summed E-state index contributed by atoms with van der Waals surface area (Å²) in [7, 11) is 0. The Hall–Kier alpha value is -6.64. The molecular weight excluding hydrogens is 753 g/mol. The molecule has 7 heteroatoms. The van der Waals surface area contributed by atoms with Crippen molar-refractivity contribution >= 4 is 118 Å². The lowest BCUT2D eigenvalue weighted by atomic mass is 10.1. The van der Waals surface area contributed by atoms with Crippen molar-refractivity contribution in [2.24, 2.45) is 0 Å². The number of para-hydroxylation sites is 2. The molecule has 13 aromatic rings. The standard InChI is InChI=1S/C50H28N4S3/c1-5-13-39-31(9-1)33-19-23-45-47(35-11-3-7-15-41(35)55-45)49(33)53(39)29-17-21-37(51-27-29)43-25-26-44(57-43)38-22-18-30(28-52-38)54-40-14-6-2-10-32(40)34-20-24-46-48(50(34)54)36-12-4-8-16-42(36)56-46/h1-28H. The third kappa shape index (κ3) is 4.53. The highest BCUT2D eigenvalue weighted by molar-refractivity contribution is 7.26. The normalized spacial score (nSPS) is 12.2. The summed E-state index contributed by atoms with van der Waals surface area (Å²) in [5.41, 5.74) is 8.87. The molecule has 0 aliphatic heterocycles. The van der Waals surface area contributed by atoms with Crippen LogP contribution in [0.15, 0.2) is 170 Å². The third-order valence-electron chi connectivity index (χ3n) is 11.5. The fraction of sp³-hybridized carbons (Fsp3) is 0. The quantitative estimate of drug-likeness (QED) is 0.178. The number of thiophene rings is 3. The number of hydrogen-bond donors (Lipinski definition) is 0. The van der Waals surface area contributed by atoms with Gasteiger partial charge in [-0.25, -0.2) is 0 Å². The maximum Gasteiger partial charge on any atom is 0.0803 e. The zero-order valence-electron chi connectivity index (χ0n) is 30.2. The van der Waals surface area contributed by atoms with Crippen LogP contribution in [0.1, 0.15) is 0 Å². The van der Waals surface area contributed by atoms with Gasteiger partial charge in [0.15, 0.2) is 0 Å². The Bertz CT molecular complexity index is 3500. The van der Waals surface area contributed by atoms with Gasteiger partial charge in [0.2, 0.25) is 0 Å².